The number of rotatable bonds is 4. The molecule has 3 aromatic rings. The number of fused-ring (bicyclic) bond motifs is 1. The third kappa shape index (κ3) is 3.65. The van der Waals surface area contributed by atoms with Crippen LogP contribution in [0.2, 0.25) is 0 Å². The molecule has 3 heterocycles. The number of aryl methyl sites for hydroxylation is 3. The smallest absolute Gasteiger partial charge is 0.257 e. The number of hydrogen-bond donors (Lipinski definition) is 0. The van der Waals surface area contributed by atoms with E-state index in [1.807, 2.05) is 23.3 Å². The van der Waals surface area contributed by atoms with Gasteiger partial charge in [0, 0.05) is 37.9 Å². The third-order valence-electron chi connectivity index (χ3n) is 5.80. The Labute approximate surface area is 172 Å². The average molecular weight is 392 g/mol. The number of carbonyl (C=O) groups excluding carboxylic acids is 1. The lowest BCUT2D eigenvalue weighted by Gasteiger charge is -2.34. The van der Waals surface area contributed by atoms with Gasteiger partial charge in [-0.2, -0.15) is 5.10 Å². The summed E-state index contributed by atoms with van der Waals surface area (Å²) in [6.45, 7) is 12.7. The zero-order valence-corrected chi connectivity index (χ0v) is 17.8. The SMILES string of the molecule is CCCN1CCN(C(=O)c2cnc3c(-c4cccc(C)c4)c(C)nn3c2C)CC1. The molecule has 2 aromatic heterocycles. The molecule has 0 N–H and O–H groups in total. The first-order valence-corrected chi connectivity index (χ1v) is 10.4. The zero-order chi connectivity index (χ0) is 20.5. The van der Waals surface area contributed by atoms with E-state index >= 15 is 0 Å². The van der Waals surface area contributed by atoms with Crippen LogP contribution in [0.1, 0.15) is 40.7 Å². The van der Waals surface area contributed by atoms with Gasteiger partial charge >= 0.3 is 0 Å². The molecular formula is C23H29N5O. The van der Waals surface area contributed by atoms with E-state index in [0.29, 0.717) is 5.56 Å². The molecule has 0 bridgehead atoms. The maximum Gasteiger partial charge on any atom is 0.257 e. The summed E-state index contributed by atoms with van der Waals surface area (Å²) in [5.41, 5.74) is 6.54. The van der Waals surface area contributed by atoms with Crippen LogP contribution >= 0.6 is 0 Å². The van der Waals surface area contributed by atoms with Crippen LogP contribution in [0.3, 0.4) is 0 Å². The summed E-state index contributed by atoms with van der Waals surface area (Å²) in [5, 5.41) is 4.72. The number of amides is 1. The van der Waals surface area contributed by atoms with Crippen LogP contribution in [0, 0.1) is 20.8 Å². The summed E-state index contributed by atoms with van der Waals surface area (Å²) < 4.78 is 1.83. The second-order valence-corrected chi connectivity index (χ2v) is 7.96. The van der Waals surface area contributed by atoms with Crippen molar-refractivity contribution in [1.29, 1.82) is 0 Å². The predicted octanol–water partition coefficient (Wildman–Crippen LogP) is 3.49. The highest BCUT2D eigenvalue weighted by Gasteiger charge is 2.25. The van der Waals surface area contributed by atoms with Crippen LogP contribution in [-0.2, 0) is 0 Å². The number of hydrogen-bond acceptors (Lipinski definition) is 4. The average Bonchev–Trinajstić information content (AvgIpc) is 3.05. The number of benzene rings is 1. The summed E-state index contributed by atoms with van der Waals surface area (Å²) >= 11 is 0. The minimum Gasteiger partial charge on any atom is -0.336 e. The van der Waals surface area contributed by atoms with E-state index in [2.05, 4.69) is 48.0 Å². The Morgan fingerprint density at radius 2 is 1.86 bits per heavy atom. The highest BCUT2D eigenvalue weighted by atomic mass is 16.2. The lowest BCUT2D eigenvalue weighted by Crippen LogP contribution is -2.49. The lowest BCUT2D eigenvalue weighted by molar-refractivity contribution is 0.0635. The van der Waals surface area contributed by atoms with Crippen LogP contribution < -0.4 is 0 Å². The monoisotopic (exact) mass is 391 g/mol. The van der Waals surface area contributed by atoms with Crippen LogP contribution in [-0.4, -0.2) is 63.0 Å². The van der Waals surface area contributed by atoms with Gasteiger partial charge in [0.05, 0.1) is 17.0 Å². The Morgan fingerprint density at radius 1 is 1.10 bits per heavy atom. The molecule has 0 atom stereocenters. The lowest BCUT2D eigenvalue weighted by atomic mass is 10.0. The first kappa shape index (κ1) is 19.6. The van der Waals surface area contributed by atoms with E-state index in [0.717, 1.165) is 67.3 Å². The van der Waals surface area contributed by atoms with Crippen LogP contribution in [0.25, 0.3) is 16.8 Å². The number of aromatic nitrogens is 3. The minimum atomic E-state index is 0.0540. The van der Waals surface area contributed by atoms with Gasteiger partial charge in [-0.3, -0.25) is 9.69 Å². The van der Waals surface area contributed by atoms with E-state index in [1.54, 1.807) is 6.20 Å². The molecule has 0 unspecified atom stereocenters. The summed E-state index contributed by atoms with van der Waals surface area (Å²) in [7, 11) is 0. The normalized spacial score (nSPS) is 15.2. The van der Waals surface area contributed by atoms with Gasteiger partial charge in [0.2, 0.25) is 0 Å². The molecule has 6 heteroatoms. The molecule has 0 saturated carbocycles. The summed E-state index contributed by atoms with van der Waals surface area (Å²) in [4.78, 5) is 22.2. The summed E-state index contributed by atoms with van der Waals surface area (Å²) in [6.07, 6.45) is 2.88. The van der Waals surface area contributed by atoms with Gasteiger partial charge in [0.15, 0.2) is 5.65 Å². The molecular weight excluding hydrogens is 362 g/mol. The van der Waals surface area contributed by atoms with Crippen LogP contribution in [0.5, 0.6) is 0 Å². The molecule has 1 fully saturated rings. The van der Waals surface area contributed by atoms with Crippen LogP contribution in [0.15, 0.2) is 30.5 Å². The molecule has 1 aliphatic heterocycles. The largest absolute Gasteiger partial charge is 0.336 e. The van der Waals surface area contributed by atoms with E-state index in [4.69, 9.17) is 5.10 Å². The Balaban J connectivity index is 1.66. The van der Waals surface area contributed by atoms with Gasteiger partial charge in [-0.15, -0.1) is 0 Å². The van der Waals surface area contributed by atoms with Gasteiger partial charge in [-0.05, 0) is 39.3 Å². The first-order chi connectivity index (χ1) is 14.0. The fourth-order valence-corrected chi connectivity index (χ4v) is 4.21. The molecule has 1 aromatic carbocycles. The quantitative estimate of drug-likeness (QED) is 0.683. The second kappa shape index (κ2) is 7.95. The van der Waals surface area contributed by atoms with Crippen molar-refractivity contribution >= 4 is 11.6 Å². The number of carbonyl (C=O) groups is 1. The predicted molar refractivity (Wildman–Crippen MR) is 115 cm³/mol. The molecule has 0 spiro atoms. The van der Waals surface area contributed by atoms with Crippen molar-refractivity contribution in [2.75, 3.05) is 32.7 Å². The van der Waals surface area contributed by atoms with Crippen molar-refractivity contribution in [3.63, 3.8) is 0 Å². The third-order valence-corrected chi connectivity index (χ3v) is 5.80. The van der Waals surface area contributed by atoms with E-state index in [9.17, 15) is 4.79 Å². The van der Waals surface area contributed by atoms with Gasteiger partial charge < -0.3 is 4.90 Å². The Bertz CT molecular complexity index is 1050. The molecule has 0 radical (unpaired) electrons. The molecule has 29 heavy (non-hydrogen) atoms. The molecule has 152 valence electrons. The maximum atomic E-state index is 13.2. The van der Waals surface area contributed by atoms with Crippen molar-refractivity contribution in [2.24, 2.45) is 0 Å². The first-order valence-electron chi connectivity index (χ1n) is 10.4. The molecule has 0 aliphatic carbocycles. The van der Waals surface area contributed by atoms with Crippen molar-refractivity contribution in [3.8, 4) is 11.1 Å². The molecule has 1 saturated heterocycles. The Kier molecular flexibility index (Phi) is 5.37. The van der Waals surface area contributed by atoms with Crippen molar-refractivity contribution in [1.82, 2.24) is 24.4 Å². The summed E-state index contributed by atoms with van der Waals surface area (Å²) in [5.74, 6) is 0.0540. The highest BCUT2D eigenvalue weighted by molar-refractivity contribution is 5.95. The fraction of sp³-hybridized carbons (Fsp3) is 0.435. The summed E-state index contributed by atoms with van der Waals surface area (Å²) in [6, 6.07) is 8.37. The topological polar surface area (TPSA) is 53.7 Å². The zero-order valence-electron chi connectivity index (χ0n) is 17.8. The minimum absolute atomic E-state index is 0.0540. The van der Waals surface area contributed by atoms with Gasteiger partial charge in [0.1, 0.15) is 0 Å². The van der Waals surface area contributed by atoms with Crippen LogP contribution in [0.4, 0.5) is 0 Å². The highest BCUT2D eigenvalue weighted by Crippen LogP contribution is 2.29. The number of piperazine rings is 1. The van der Waals surface area contributed by atoms with Crippen molar-refractivity contribution in [3.05, 3.63) is 53.0 Å². The number of nitrogens with zero attached hydrogens (tertiary/aromatic N) is 5. The Morgan fingerprint density at radius 3 is 2.55 bits per heavy atom. The van der Waals surface area contributed by atoms with E-state index in [1.165, 1.54) is 5.56 Å². The van der Waals surface area contributed by atoms with E-state index in [-0.39, 0.29) is 5.91 Å². The van der Waals surface area contributed by atoms with Gasteiger partial charge in [-0.25, -0.2) is 9.50 Å². The molecule has 1 amide bonds. The Hall–Kier alpha value is -2.73. The van der Waals surface area contributed by atoms with E-state index < -0.39 is 0 Å². The van der Waals surface area contributed by atoms with Crippen molar-refractivity contribution in [2.45, 2.75) is 34.1 Å². The van der Waals surface area contributed by atoms with Gasteiger partial charge in [0.25, 0.3) is 5.91 Å². The second-order valence-electron chi connectivity index (χ2n) is 7.96. The maximum absolute atomic E-state index is 13.2. The molecule has 6 nitrogen and oxygen atoms in total. The fourth-order valence-electron chi connectivity index (χ4n) is 4.21. The molecule has 1 aliphatic rings. The van der Waals surface area contributed by atoms with Gasteiger partial charge in [-0.1, -0.05) is 36.8 Å². The van der Waals surface area contributed by atoms with Crippen molar-refractivity contribution < 1.29 is 4.79 Å². The standard InChI is InChI=1S/C23H29N5O/c1-5-9-26-10-12-27(13-11-26)23(29)20-15-24-22-21(17(3)25-28(22)18(20)4)19-8-6-7-16(2)14-19/h6-8,14-15H,5,9-13H2,1-4H3. The molecule has 4 rings (SSSR count).